The van der Waals surface area contributed by atoms with E-state index in [1.807, 2.05) is 6.07 Å². The fourth-order valence-electron chi connectivity index (χ4n) is 3.46. The minimum atomic E-state index is -0.230. The van der Waals surface area contributed by atoms with Gasteiger partial charge in [0, 0.05) is 24.1 Å². The van der Waals surface area contributed by atoms with Crippen molar-refractivity contribution in [2.75, 3.05) is 0 Å². The summed E-state index contributed by atoms with van der Waals surface area (Å²) in [6, 6.07) is 5.01. The lowest BCUT2D eigenvalue weighted by Crippen LogP contribution is -2.40. The van der Waals surface area contributed by atoms with Gasteiger partial charge in [-0.15, -0.1) is 0 Å². The van der Waals surface area contributed by atoms with Crippen molar-refractivity contribution >= 4 is 11.0 Å². The topological polar surface area (TPSA) is 43.8 Å². The Labute approximate surface area is 119 Å². The molecular weight excluding hydrogens is 253 g/mol. The van der Waals surface area contributed by atoms with Crippen molar-refractivity contribution < 1.29 is 4.39 Å². The van der Waals surface area contributed by atoms with Gasteiger partial charge in [-0.25, -0.2) is 9.37 Å². The Morgan fingerprint density at radius 3 is 2.95 bits per heavy atom. The maximum absolute atomic E-state index is 13.4. The average molecular weight is 275 g/mol. The highest BCUT2D eigenvalue weighted by molar-refractivity contribution is 5.76. The van der Waals surface area contributed by atoms with E-state index in [1.165, 1.54) is 12.1 Å². The number of fused-ring (bicyclic) bond motifs is 1. The second-order valence-corrected chi connectivity index (χ2v) is 6.14. The maximum atomic E-state index is 13.4. The maximum Gasteiger partial charge on any atom is 0.125 e. The molecule has 3 rings (SSSR count). The zero-order chi connectivity index (χ0) is 14.3. The molecule has 1 saturated carbocycles. The second kappa shape index (κ2) is 4.85. The zero-order valence-electron chi connectivity index (χ0n) is 12.2. The van der Waals surface area contributed by atoms with E-state index in [0.717, 1.165) is 49.1 Å². The van der Waals surface area contributed by atoms with Crippen molar-refractivity contribution in [2.24, 2.45) is 5.73 Å². The first-order valence-electron chi connectivity index (χ1n) is 7.48. The molecule has 2 unspecified atom stereocenters. The Morgan fingerprint density at radius 1 is 1.50 bits per heavy atom. The molecule has 0 spiro atoms. The summed E-state index contributed by atoms with van der Waals surface area (Å²) in [7, 11) is 0. The van der Waals surface area contributed by atoms with Crippen molar-refractivity contribution in [3.8, 4) is 0 Å². The molecule has 1 aliphatic rings. The number of aryl methyl sites for hydroxylation is 1. The summed E-state index contributed by atoms with van der Waals surface area (Å²) in [6.07, 6.45) is 4.27. The highest BCUT2D eigenvalue weighted by Crippen LogP contribution is 2.40. The van der Waals surface area contributed by atoms with Gasteiger partial charge in [0.2, 0.25) is 0 Å². The van der Waals surface area contributed by atoms with Crippen molar-refractivity contribution in [3.05, 3.63) is 29.8 Å². The Morgan fingerprint density at radius 2 is 2.30 bits per heavy atom. The van der Waals surface area contributed by atoms with Gasteiger partial charge in [0.05, 0.1) is 11.0 Å². The van der Waals surface area contributed by atoms with Crippen LogP contribution in [0.15, 0.2) is 18.2 Å². The Bertz CT molecular complexity index is 634. The molecule has 1 heterocycles. The van der Waals surface area contributed by atoms with Crippen LogP contribution in [0.1, 0.15) is 45.4 Å². The number of hydrogen-bond acceptors (Lipinski definition) is 2. The minimum Gasteiger partial charge on any atom is -0.327 e. The molecule has 2 N–H and O–H groups in total. The Balaban J connectivity index is 2.21. The predicted octanol–water partition coefficient (Wildman–Crippen LogP) is 3.35. The standard InChI is InChI=1S/C16H22FN3/c1-3-9-20-13-7-6-11(17)10-12(13)19-15(20)16(2)8-4-5-14(16)18/h6-7,10,14H,3-5,8-9,18H2,1-2H3. The first-order valence-corrected chi connectivity index (χ1v) is 7.48. The van der Waals surface area contributed by atoms with Crippen LogP contribution in [0.2, 0.25) is 0 Å². The first kappa shape index (κ1) is 13.6. The van der Waals surface area contributed by atoms with Gasteiger partial charge in [-0.05, 0) is 31.4 Å². The van der Waals surface area contributed by atoms with Crippen LogP contribution < -0.4 is 5.73 Å². The quantitative estimate of drug-likeness (QED) is 0.933. The van der Waals surface area contributed by atoms with Crippen LogP contribution in [0.3, 0.4) is 0 Å². The molecule has 1 aromatic carbocycles. The fraction of sp³-hybridized carbons (Fsp3) is 0.562. The third kappa shape index (κ3) is 1.94. The third-order valence-corrected chi connectivity index (χ3v) is 4.70. The van der Waals surface area contributed by atoms with E-state index in [9.17, 15) is 4.39 Å². The highest BCUT2D eigenvalue weighted by Gasteiger charge is 2.41. The first-order chi connectivity index (χ1) is 9.56. The molecular formula is C16H22FN3. The van der Waals surface area contributed by atoms with Gasteiger partial charge in [-0.1, -0.05) is 20.3 Å². The normalized spacial score (nSPS) is 26.5. The summed E-state index contributed by atoms with van der Waals surface area (Å²) in [4.78, 5) is 4.74. The van der Waals surface area contributed by atoms with E-state index in [4.69, 9.17) is 10.7 Å². The molecule has 3 nitrogen and oxygen atoms in total. The second-order valence-electron chi connectivity index (χ2n) is 6.14. The van der Waals surface area contributed by atoms with E-state index in [1.54, 1.807) is 0 Å². The van der Waals surface area contributed by atoms with E-state index in [0.29, 0.717) is 0 Å². The fourth-order valence-corrected chi connectivity index (χ4v) is 3.46. The van der Waals surface area contributed by atoms with E-state index >= 15 is 0 Å². The molecule has 0 amide bonds. The van der Waals surface area contributed by atoms with Gasteiger partial charge < -0.3 is 10.3 Å². The summed E-state index contributed by atoms with van der Waals surface area (Å²) in [5, 5.41) is 0. The molecule has 1 aliphatic carbocycles. The van der Waals surface area contributed by atoms with Gasteiger partial charge in [0.15, 0.2) is 0 Å². The van der Waals surface area contributed by atoms with Crippen molar-refractivity contribution in [1.29, 1.82) is 0 Å². The number of halogens is 1. The molecule has 1 aromatic heterocycles. The SMILES string of the molecule is CCCn1c(C2(C)CCCC2N)nc2cc(F)ccc21. The highest BCUT2D eigenvalue weighted by atomic mass is 19.1. The smallest absolute Gasteiger partial charge is 0.125 e. The van der Waals surface area contributed by atoms with Crippen molar-refractivity contribution in [1.82, 2.24) is 9.55 Å². The predicted molar refractivity (Wildman–Crippen MR) is 79.2 cm³/mol. The number of aromatic nitrogens is 2. The number of hydrogen-bond donors (Lipinski definition) is 1. The lowest BCUT2D eigenvalue weighted by molar-refractivity contribution is 0.386. The van der Waals surface area contributed by atoms with Crippen LogP contribution in [0, 0.1) is 5.82 Å². The molecule has 2 atom stereocenters. The molecule has 108 valence electrons. The largest absolute Gasteiger partial charge is 0.327 e. The van der Waals surface area contributed by atoms with Gasteiger partial charge >= 0.3 is 0 Å². The molecule has 4 heteroatoms. The summed E-state index contributed by atoms with van der Waals surface area (Å²) in [5.41, 5.74) is 8.00. The lowest BCUT2D eigenvalue weighted by atomic mass is 9.84. The number of nitrogens with zero attached hydrogens (tertiary/aromatic N) is 2. The molecule has 0 saturated heterocycles. The number of benzene rings is 1. The lowest BCUT2D eigenvalue weighted by Gasteiger charge is -2.29. The molecule has 2 aromatic rings. The van der Waals surface area contributed by atoms with Crippen LogP contribution >= 0.6 is 0 Å². The Hall–Kier alpha value is -1.42. The summed E-state index contributed by atoms with van der Waals surface area (Å²) in [5.74, 6) is 0.802. The van der Waals surface area contributed by atoms with E-state index < -0.39 is 0 Å². The molecule has 20 heavy (non-hydrogen) atoms. The van der Waals surface area contributed by atoms with Crippen LogP contribution in [0.4, 0.5) is 4.39 Å². The molecule has 0 radical (unpaired) electrons. The van der Waals surface area contributed by atoms with Crippen LogP contribution in [-0.2, 0) is 12.0 Å². The number of imidazole rings is 1. The molecule has 0 aliphatic heterocycles. The average Bonchev–Trinajstić information content (AvgIpc) is 2.93. The summed E-state index contributed by atoms with van der Waals surface area (Å²) in [6.45, 7) is 5.25. The molecule has 0 bridgehead atoms. The van der Waals surface area contributed by atoms with E-state index in [-0.39, 0.29) is 17.3 Å². The zero-order valence-corrected chi connectivity index (χ0v) is 12.2. The number of nitrogens with two attached hydrogens (primary N) is 1. The van der Waals surface area contributed by atoms with Gasteiger partial charge in [0.1, 0.15) is 11.6 Å². The van der Waals surface area contributed by atoms with Crippen LogP contribution in [0.5, 0.6) is 0 Å². The van der Waals surface area contributed by atoms with Crippen LogP contribution in [-0.4, -0.2) is 15.6 Å². The van der Waals surface area contributed by atoms with Gasteiger partial charge in [-0.2, -0.15) is 0 Å². The van der Waals surface area contributed by atoms with Crippen molar-refractivity contribution in [2.45, 2.75) is 57.5 Å². The minimum absolute atomic E-state index is 0.0926. The van der Waals surface area contributed by atoms with E-state index in [2.05, 4.69) is 18.4 Å². The third-order valence-electron chi connectivity index (χ3n) is 4.70. The monoisotopic (exact) mass is 275 g/mol. The Kier molecular flexibility index (Phi) is 3.28. The molecule has 1 fully saturated rings. The van der Waals surface area contributed by atoms with Crippen molar-refractivity contribution in [3.63, 3.8) is 0 Å². The number of rotatable bonds is 3. The van der Waals surface area contributed by atoms with Gasteiger partial charge in [0.25, 0.3) is 0 Å². The summed E-state index contributed by atoms with van der Waals surface area (Å²) < 4.78 is 15.7. The van der Waals surface area contributed by atoms with Gasteiger partial charge in [-0.3, -0.25) is 0 Å². The summed E-state index contributed by atoms with van der Waals surface area (Å²) >= 11 is 0. The van der Waals surface area contributed by atoms with Crippen LogP contribution in [0.25, 0.3) is 11.0 Å².